The Morgan fingerprint density at radius 2 is 1.86 bits per heavy atom. The molecule has 302 valence electrons. The maximum Gasteiger partial charge on any atom is 0.410 e. The fourth-order valence-electron chi connectivity index (χ4n) is 9.76. The number of halogens is 3. The molecule has 4 aromatic rings. The lowest BCUT2D eigenvalue weighted by Gasteiger charge is -2.41. The Bertz CT molecular complexity index is 2330. The third kappa shape index (κ3) is 7.06. The van der Waals surface area contributed by atoms with E-state index in [0.717, 1.165) is 42.0 Å². The molecule has 2 aromatic heterocycles. The first-order chi connectivity index (χ1) is 27.0. The van der Waals surface area contributed by atoms with Crippen LogP contribution < -0.4 is 5.32 Å². The monoisotopic (exact) mass is 832 g/mol. The number of hydrogen-bond donors (Lipinski definition) is 1. The summed E-state index contributed by atoms with van der Waals surface area (Å²) in [5, 5.41) is 15.3. The van der Waals surface area contributed by atoms with E-state index >= 15 is 4.39 Å². The minimum Gasteiger partial charge on any atom is -0.450 e. The molecule has 1 aliphatic carbocycles. The van der Waals surface area contributed by atoms with Gasteiger partial charge in [0.05, 0.1) is 46.4 Å². The van der Waals surface area contributed by atoms with Crippen molar-refractivity contribution in [3.63, 3.8) is 0 Å². The Kier molecular flexibility index (Phi) is 10.3. The molecule has 0 unspecified atom stereocenters. The van der Waals surface area contributed by atoms with E-state index in [-0.39, 0.29) is 77.1 Å². The summed E-state index contributed by atoms with van der Waals surface area (Å²) >= 11 is 13.2. The number of benzene rings is 2. The van der Waals surface area contributed by atoms with Crippen LogP contribution >= 0.6 is 23.2 Å². The van der Waals surface area contributed by atoms with Crippen LogP contribution in [-0.2, 0) is 15.9 Å². The summed E-state index contributed by atoms with van der Waals surface area (Å²) in [7, 11) is -1.46. The van der Waals surface area contributed by atoms with E-state index in [1.54, 1.807) is 18.2 Å². The second-order valence-corrected chi connectivity index (χ2v) is 25.0. The van der Waals surface area contributed by atoms with Gasteiger partial charge in [0.15, 0.2) is 5.82 Å². The fraction of sp³-hybridized carbons (Fsp3) is 0.535. The van der Waals surface area contributed by atoms with Crippen LogP contribution in [-0.4, -0.2) is 83.5 Å². The van der Waals surface area contributed by atoms with Crippen LogP contribution in [0, 0.1) is 35.9 Å². The van der Waals surface area contributed by atoms with Crippen LogP contribution in [0.2, 0.25) is 35.7 Å². The van der Waals surface area contributed by atoms with Crippen LogP contribution in [0.25, 0.3) is 32.9 Å². The van der Waals surface area contributed by atoms with Crippen LogP contribution in [0.1, 0.15) is 69.1 Å². The van der Waals surface area contributed by atoms with Crippen LogP contribution in [0.5, 0.6) is 0 Å². The van der Waals surface area contributed by atoms with E-state index in [9.17, 15) is 14.9 Å². The molecule has 5 fully saturated rings. The Balaban J connectivity index is 1.36. The third-order valence-corrected chi connectivity index (χ3v) is 14.8. The van der Waals surface area contributed by atoms with E-state index in [4.69, 9.17) is 37.7 Å². The zero-order valence-electron chi connectivity index (χ0n) is 33.7. The summed E-state index contributed by atoms with van der Waals surface area (Å²) < 4.78 is 31.7. The first kappa shape index (κ1) is 39.9. The first-order valence-electron chi connectivity index (χ1n) is 20.1. The number of nitrogens with one attached hydrogen (secondary N) is 1. The minimum atomic E-state index is -1.46. The number of rotatable bonds is 8. The zero-order valence-corrected chi connectivity index (χ0v) is 36.2. The van der Waals surface area contributed by atoms with Crippen molar-refractivity contribution >= 4 is 65.3 Å². The third-order valence-electron chi connectivity index (χ3n) is 12.3. The van der Waals surface area contributed by atoms with Crippen molar-refractivity contribution in [3.05, 3.63) is 63.1 Å². The van der Waals surface area contributed by atoms with Gasteiger partial charge in [0.25, 0.3) is 0 Å². The molecule has 0 radical (unpaired) electrons. The average molecular weight is 834 g/mol. The number of carbonyl (C=O) groups excluding carboxylic acids is 2. The molecular formula is C43H51Cl2FN6O4Si. The van der Waals surface area contributed by atoms with Gasteiger partial charge in [-0.05, 0) is 82.7 Å². The quantitative estimate of drug-likeness (QED) is 0.176. The van der Waals surface area contributed by atoms with E-state index in [2.05, 4.69) is 41.7 Å². The van der Waals surface area contributed by atoms with E-state index in [0.29, 0.717) is 46.9 Å². The second kappa shape index (κ2) is 14.7. The number of aryl methyl sites for hydroxylation is 2. The molecule has 5 aliphatic rings. The van der Waals surface area contributed by atoms with Crippen molar-refractivity contribution in [2.75, 3.05) is 26.2 Å². The molecule has 6 atom stereocenters. The number of hydrogen-bond acceptors (Lipinski definition) is 7. The summed E-state index contributed by atoms with van der Waals surface area (Å²) in [5.41, 5.74) is 3.24. The number of pyridine rings is 1. The van der Waals surface area contributed by atoms with Gasteiger partial charge in [-0.25, -0.2) is 19.0 Å². The van der Waals surface area contributed by atoms with Crippen molar-refractivity contribution in [3.8, 4) is 17.2 Å². The number of likely N-dealkylation sites (tertiary alicyclic amines) is 1. The Labute approximate surface area is 344 Å². The standard InChI is InChI=1S/C43H51Cl2FN6O4Si/c1-23-29-19-33(38-25-16-27(21-48-20-25)51(38)42(54)55-14-15-57(5,6)7)52(39-26-18-32(39)50(22-26)41(53)56-43(2,3)4)40(29)30-17-24(10-9-13-47)34(36(46)37(30)49-23)28-11-8-12-31(44)35(28)45/h8,11-12,17,19,25-27,32,38-39,48H,9-10,14-16,18,20-22H2,1-7H3/t25-,26+,27+,32+,38+,39-/m0/s1. The van der Waals surface area contributed by atoms with Crippen molar-refractivity contribution in [1.29, 1.82) is 5.26 Å². The number of piperidine rings is 1. The molecule has 10 nitrogen and oxygen atoms in total. The zero-order chi connectivity index (χ0) is 40.7. The van der Waals surface area contributed by atoms with Gasteiger partial charge in [0, 0.05) is 79.4 Å². The van der Waals surface area contributed by atoms with Gasteiger partial charge < -0.3 is 24.3 Å². The Hall–Kier alpha value is -3.89. The SMILES string of the molecule is Cc1nc2c(F)c(-c3cccc(Cl)c3Cl)c(CCC#N)cc2c2c1cc([C@H]1[C@@H]3CNC[C@@H](C3)N1C(=O)OCC[Si](C)(C)C)n2[C@H]1[C@@H]2C[C@H]1N(C(=O)OC(C)(C)C)C2. The molecule has 2 amide bonds. The molecule has 4 saturated heterocycles. The lowest BCUT2D eigenvalue weighted by Crippen LogP contribution is -2.45. The molecule has 6 heterocycles. The van der Waals surface area contributed by atoms with E-state index < -0.39 is 19.5 Å². The Morgan fingerprint density at radius 1 is 1.09 bits per heavy atom. The predicted molar refractivity (Wildman–Crippen MR) is 224 cm³/mol. The van der Waals surface area contributed by atoms with Crippen molar-refractivity contribution < 1.29 is 23.5 Å². The first-order valence-corrected chi connectivity index (χ1v) is 24.6. The van der Waals surface area contributed by atoms with Gasteiger partial charge in [-0.15, -0.1) is 0 Å². The summed E-state index contributed by atoms with van der Waals surface area (Å²) in [4.78, 5) is 36.7. The van der Waals surface area contributed by atoms with Gasteiger partial charge in [0.2, 0.25) is 0 Å². The molecule has 14 heteroatoms. The summed E-state index contributed by atoms with van der Waals surface area (Å²) in [6.07, 6.45) is 1.42. The molecule has 1 N–H and O–H groups in total. The molecule has 1 saturated carbocycles. The maximum absolute atomic E-state index is 17.4. The summed E-state index contributed by atoms with van der Waals surface area (Å²) in [6.45, 7) is 16.6. The van der Waals surface area contributed by atoms with Gasteiger partial charge in [-0.3, -0.25) is 4.90 Å². The molecule has 4 aliphatic heterocycles. The summed E-state index contributed by atoms with van der Waals surface area (Å²) in [5.74, 6) is -0.316. The van der Waals surface area contributed by atoms with Crippen molar-refractivity contribution in [2.45, 2.75) is 109 Å². The highest BCUT2D eigenvalue weighted by molar-refractivity contribution is 6.76. The van der Waals surface area contributed by atoms with Gasteiger partial charge in [0.1, 0.15) is 11.1 Å². The topological polar surface area (TPSA) is 113 Å². The number of ether oxygens (including phenoxy) is 2. The minimum absolute atomic E-state index is 0.0491. The normalized spacial score (nSPS) is 24.2. The predicted octanol–water partition coefficient (Wildman–Crippen LogP) is 10.1. The second-order valence-electron chi connectivity index (χ2n) is 18.6. The van der Waals surface area contributed by atoms with Crippen LogP contribution in [0.15, 0.2) is 30.3 Å². The lowest BCUT2D eigenvalue weighted by molar-refractivity contribution is 0.0208. The number of amides is 2. The molecular weight excluding hydrogens is 783 g/mol. The smallest absolute Gasteiger partial charge is 0.410 e. The number of carbonyl (C=O) groups is 2. The van der Waals surface area contributed by atoms with Crippen LogP contribution in [0.4, 0.5) is 14.0 Å². The molecule has 2 aromatic carbocycles. The number of nitrogens with zero attached hydrogens (tertiary/aromatic N) is 5. The Morgan fingerprint density at radius 3 is 2.58 bits per heavy atom. The molecule has 57 heavy (non-hydrogen) atoms. The molecule has 0 spiro atoms. The highest BCUT2D eigenvalue weighted by atomic mass is 35.5. The van der Waals surface area contributed by atoms with E-state index in [1.165, 1.54) is 0 Å². The average Bonchev–Trinajstić information content (AvgIpc) is 3.89. The van der Waals surface area contributed by atoms with Gasteiger partial charge in [-0.1, -0.05) is 55.0 Å². The molecule has 9 rings (SSSR count). The number of nitriles is 1. The van der Waals surface area contributed by atoms with E-state index in [1.807, 2.05) is 43.6 Å². The fourth-order valence-corrected chi connectivity index (χ4v) is 10.9. The highest BCUT2D eigenvalue weighted by Crippen LogP contribution is 2.55. The molecule has 4 bridgehead atoms. The van der Waals surface area contributed by atoms with Crippen LogP contribution in [0.3, 0.4) is 0 Å². The summed E-state index contributed by atoms with van der Waals surface area (Å²) in [6, 6.07) is 11.7. The van der Waals surface area contributed by atoms with Gasteiger partial charge >= 0.3 is 12.2 Å². The number of aromatic nitrogens is 2. The highest BCUT2D eigenvalue weighted by Gasteiger charge is 2.58. The lowest BCUT2D eigenvalue weighted by atomic mass is 9.79. The van der Waals surface area contributed by atoms with Crippen molar-refractivity contribution in [2.24, 2.45) is 11.8 Å². The number of fused-ring (bicyclic) bond motifs is 6. The maximum atomic E-state index is 17.4. The van der Waals surface area contributed by atoms with Gasteiger partial charge in [-0.2, -0.15) is 5.26 Å². The largest absolute Gasteiger partial charge is 0.450 e. The van der Waals surface area contributed by atoms with Crippen molar-refractivity contribution in [1.82, 2.24) is 24.7 Å².